The van der Waals surface area contributed by atoms with Crippen LogP contribution in [0.25, 0.3) is 0 Å². The van der Waals surface area contributed by atoms with E-state index in [0.29, 0.717) is 0 Å². The van der Waals surface area contributed by atoms with E-state index < -0.39 is 0 Å². The predicted octanol–water partition coefficient (Wildman–Crippen LogP) is 1.60. The van der Waals surface area contributed by atoms with Crippen molar-refractivity contribution in [3.05, 3.63) is 18.2 Å². The molecule has 0 saturated heterocycles. The number of hydrogen-bond acceptors (Lipinski definition) is 1. The van der Waals surface area contributed by atoms with E-state index in [4.69, 9.17) is 0 Å². The quantitative estimate of drug-likeness (QED) is 0.604. The maximum Gasteiger partial charge on any atom is 0.0948 e. The Morgan fingerprint density at radius 2 is 2.50 bits per heavy atom. The molecule has 0 N–H and O–H groups in total. The van der Waals surface area contributed by atoms with Gasteiger partial charge in [0.05, 0.1) is 6.33 Å². The van der Waals surface area contributed by atoms with Gasteiger partial charge in [-0.3, -0.25) is 0 Å². The molecule has 0 radical (unpaired) electrons. The van der Waals surface area contributed by atoms with Crippen molar-refractivity contribution in [1.82, 2.24) is 9.55 Å². The van der Waals surface area contributed by atoms with Gasteiger partial charge in [0.2, 0.25) is 0 Å². The summed E-state index contributed by atoms with van der Waals surface area (Å²) in [6.07, 6.45) is 6.67. The summed E-state index contributed by atoms with van der Waals surface area (Å²) in [4.78, 5) is 4.07. The minimum absolute atomic E-state index is 0.952. The number of hydrogen-bond donors (Lipinski definition) is 0. The van der Waals surface area contributed by atoms with Crippen molar-refractivity contribution in [2.24, 2.45) is 5.92 Å². The third-order valence-corrected chi connectivity index (χ3v) is 2.07. The number of nitrogens with zero attached hydrogens (tertiary/aromatic N) is 2. The van der Waals surface area contributed by atoms with E-state index >= 15 is 0 Å². The van der Waals surface area contributed by atoms with Crippen molar-refractivity contribution in [1.29, 1.82) is 0 Å². The second-order valence-corrected chi connectivity index (χ2v) is 3.13. The SMILES string of the molecule is Cc1cncn1CC1CC1. The zero-order chi connectivity index (χ0) is 6.97. The predicted molar refractivity (Wildman–Crippen MR) is 39.7 cm³/mol. The molecule has 0 aliphatic heterocycles. The van der Waals surface area contributed by atoms with Gasteiger partial charge in [0.1, 0.15) is 0 Å². The van der Waals surface area contributed by atoms with Crippen LogP contribution in [0.15, 0.2) is 12.5 Å². The Kier molecular flexibility index (Phi) is 1.26. The zero-order valence-corrected chi connectivity index (χ0v) is 6.25. The monoisotopic (exact) mass is 136 g/mol. The molecule has 0 unspecified atom stereocenters. The number of imidazole rings is 1. The van der Waals surface area contributed by atoms with E-state index in [-0.39, 0.29) is 0 Å². The Balaban J connectivity index is 2.08. The van der Waals surface area contributed by atoms with Crippen LogP contribution in [0, 0.1) is 12.8 Å². The fourth-order valence-corrected chi connectivity index (χ4v) is 1.16. The zero-order valence-electron chi connectivity index (χ0n) is 6.25. The summed E-state index contributed by atoms with van der Waals surface area (Å²) in [7, 11) is 0. The molecule has 1 saturated carbocycles. The molecule has 0 spiro atoms. The van der Waals surface area contributed by atoms with Crippen LogP contribution in [0.2, 0.25) is 0 Å². The molecular weight excluding hydrogens is 124 g/mol. The van der Waals surface area contributed by atoms with Crippen molar-refractivity contribution < 1.29 is 0 Å². The van der Waals surface area contributed by atoms with Gasteiger partial charge in [0.15, 0.2) is 0 Å². The van der Waals surface area contributed by atoms with Crippen molar-refractivity contribution >= 4 is 0 Å². The van der Waals surface area contributed by atoms with Crippen molar-refractivity contribution in [3.63, 3.8) is 0 Å². The molecule has 1 heterocycles. The summed E-state index contributed by atoms with van der Waals surface area (Å²) in [5.41, 5.74) is 1.28. The van der Waals surface area contributed by atoms with Crippen molar-refractivity contribution in [2.75, 3.05) is 0 Å². The molecule has 1 aromatic rings. The molecule has 2 heteroatoms. The molecule has 1 fully saturated rings. The van der Waals surface area contributed by atoms with Crippen LogP contribution in [-0.2, 0) is 6.54 Å². The van der Waals surface area contributed by atoms with E-state index in [1.165, 1.54) is 25.1 Å². The molecule has 54 valence electrons. The van der Waals surface area contributed by atoms with Gasteiger partial charge in [-0.1, -0.05) is 0 Å². The molecule has 0 atom stereocenters. The molecule has 0 amide bonds. The summed E-state index contributed by atoms with van der Waals surface area (Å²) in [5.74, 6) is 0.952. The van der Waals surface area contributed by atoms with Crippen molar-refractivity contribution in [2.45, 2.75) is 26.3 Å². The molecule has 0 aromatic carbocycles. The molecule has 1 aliphatic carbocycles. The lowest BCUT2D eigenvalue weighted by atomic mass is 10.4. The topological polar surface area (TPSA) is 17.8 Å². The highest BCUT2D eigenvalue weighted by atomic mass is 15.0. The molecule has 2 nitrogen and oxygen atoms in total. The van der Waals surface area contributed by atoms with E-state index in [1.54, 1.807) is 0 Å². The van der Waals surface area contributed by atoms with Crippen molar-refractivity contribution in [3.8, 4) is 0 Å². The van der Waals surface area contributed by atoms with Crippen LogP contribution >= 0.6 is 0 Å². The molecule has 1 aromatic heterocycles. The van der Waals surface area contributed by atoms with Gasteiger partial charge in [-0.2, -0.15) is 0 Å². The van der Waals surface area contributed by atoms with Crippen LogP contribution in [0.5, 0.6) is 0 Å². The highest BCUT2D eigenvalue weighted by Crippen LogP contribution is 2.30. The molecule has 10 heavy (non-hydrogen) atoms. The lowest BCUT2D eigenvalue weighted by molar-refractivity contribution is 0.613. The Morgan fingerprint density at radius 3 is 3.00 bits per heavy atom. The normalized spacial score (nSPS) is 17.7. The van der Waals surface area contributed by atoms with Crippen LogP contribution in [0.3, 0.4) is 0 Å². The van der Waals surface area contributed by atoms with E-state index in [9.17, 15) is 0 Å². The lowest BCUT2D eigenvalue weighted by Gasteiger charge is -2.00. The van der Waals surface area contributed by atoms with Gasteiger partial charge in [-0.25, -0.2) is 4.98 Å². The molecule has 2 rings (SSSR count). The largest absolute Gasteiger partial charge is 0.335 e. The second-order valence-electron chi connectivity index (χ2n) is 3.13. The van der Waals surface area contributed by atoms with E-state index in [0.717, 1.165) is 5.92 Å². The van der Waals surface area contributed by atoms with Gasteiger partial charge >= 0.3 is 0 Å². The number of rotatable bonds is 2. The van der Waals surface area contributed by atoms with Gasteiger partial charge < -0.3 is 4.57 Å². The maximum absolute atomic E-state index is 4.07. The van der Waals surface area contributed by atoms with Gasteiger partial charge in [-0.05, 0) is 25.7 Å². The summed E-state index contributed by atoms with van der Waals surface area (Å²) in [6.45, 7) is 3.29. The number of aromatic nitrogens is 2. The molecule has 1 aliphatic rings. The Bertz CT molecular complexity index is 223. The van der Waals surface area contributed by atoms with E-state index in [1.807, 2.05) is 12.5 Å². The van der Waals surface area contributed by atoms with Gasteiger partial charge in [-0.15, -0.1) is 0 Å². The molecule has 0 bridgehead atoms. The van der Waals surface area contributed by atoms with Gasteiger partial charge in [0, 0.05) is 18.4 Å². The smallest absolute Gasteiger partial charge is 0.0948 e. The van der Waals surface area contributed by atoms with Crippen LogP contribution in [0.1, 0.15) is 18.5 Å². The Labute approximate surface area is 60.9 Å². The third-order valence-electron chi connectivity index (χ3n) is 2.07. The average molecular weight is 136 g/mol. The summed E-state index contributed by atoms with van der Waals surface area (Å²) in [6, 6.07) is 0. The summed E-state index contributed by atoms with van der Waals surface area (Å²) >= 11 is 0. The highest BCUT2D eigenvalue weighted by Gasteiger charge is 2.21. The highest BCUT2D eigenvalue weighted by molar-refractivity contribution is 4.95. The molecular formula is C8H12N2. The first-order valence-corrected chi connectivity index (χ1v) is 3.83. The minimum Gasteiger partial charge on any atom is -0.335 e. The summed E-state index contributed by atoms with van der Waals surface area (Å²) in [5, 5.41) is 0. The first kappa shape index (κ1) is 5.96. The Hall–Kier alpha value is -0.790. The standard InChI is InChI=1S/C8H12N2/c1-7-4-9-6-10(7)5-8-2-3-8/h4,6,8H,2-3,5H2,1H3. The first-order chi connectivity index (χ1) is 4.86. The van der Waals surface area contributed by atoms with Crippen LogP contribution < -0.4 is 0 Å². The minimum atomic E-state index is 0.952. The Morgan fingerprint density at radius 1 is 1.70 bits per heavy atom. The van der Waals surface area contributed by atoms with Crippen LogP contribution in [0.4, 0.5) is 0 Å². The fraction of sp³-hybridized carbons (Fsp3) is 0.625. The maximum atomic E-state index is 4.07. The lowest BCUT2D eigenvalue weighted by Crippen LogP contribution is -1.99. The second kappa shape index (κ2) is 2.11. The average Bonchev–Trinajstić information content (AvgIpc) is 2.62. The van der Waals surface area contributed by atoms with Crippen LogP contribution in [-0.4, -0.2) is 9.55 Å². The van der Waals surface area contributed by atoms with Gasteiger partial charge in [0.25, 0.3) is 0 Å². The fourth-order valence-electron chi connectivity index (χ4n) is 1.16. The van der Waals surface area contributed by atoms with E-state index in [2.05, 4.69) is 16.5 Å². The summed E-state index contributed by atoms with van der Waals surface area (Å²) < 4.78 is 2.23. The third kappa shape index (κ3) is 1.06. The first-order valence-electron chi connectivity index (χ1n) is 3.83. The number of aryl methyl sites for hydroxylation is 1.